The van der Waals surface area contributed by atoms with Gasteiger partial charge in [0.15, 0.2) is 11.0 Å². The van der Waals surface area contributed by atoms with E-state index in [-0.39, 0.29) is 12.5 Å². The molecule has 1 atom stereocenters. The molecular weight excluding hydrogens is 515 g/mol. The highest BCUT2D eigenvalue weighted by atomic mass is 32.2. The number of aromatic nitrogens is 3. The Kier molecular flexibility index (Phi) is 8.26. The summed E-state index contributed by atoms with van der Waals surface area (Å²) in [5.41, 5.74) is 2.04. The van der Waals surface area contributed by atoms with E-state index in [0.29, 0.717) is 33.8 Å². The number of methoxy groups -OCH3 is 1. The second-order valence-corrected chi connectivity index (χ2v) is 9.79. The highest BCUT2D eigenvalue weighted by molar-refractivity contribution is 8.00. The number of anilines is 2. The normalized spacial score (nSPS) is 12.2. The van der Waals surface area contributed by atoms with Gasteiger partial charge >= 0.3 is 6.18 Å². The Hall–Kier alpha value is -3.99. The van der Waals surface area contributed by atoms with E-state index in [9.17, 15) is 18.0 Å². The van der Waals surface area contributed by atoms with Crippen LogP contribution in [0.2, 0.25) is 0 Å². The number of alkyl halides is 3. The molecule has 0 saturated carbocycles. The van der Waals surface area contributed by atoms with Gasteiger partial charge in [-0.3, -0.25) is 9.36 Å². The Morgan fingerprint density at radius 2 is 1.74 bits per heavy atom. The fourth-order valence-corrected chi connectivity index (χ4v) is 4.45. The van der Waals surface area contributed by atoms with E-state index in [2.05, 4.69) is 20.8 Å². The number of nitrogens with zero attached hydrogens (tertiary/aromatic N) is 3. The number of ether oxygens (including phenoxy) is 1. The molecule has 1 amide bonds. The molecule has 7 nitrogen and oxygen atoms in total. The van der Waals surface area contributed by atoms with Crippen LogP contribution in [0.5, 0.6) is 5.75 Å². The van der Waals surface area contributed by atoms with Crippen LogP contribution in [0.25, 0.3) is 5.69 Å². The van der Waals surface area contributed by atoms with Crippen LogP contribution in [0.3, 0.4) is 0 Å². The average molecular weight is 542 g/mol. The molecule has 0 aliphatic heterocycles. The largest absolute Gasteiger partial charge is 0.497 e. The first-order valence-electron chi connectivity index (χ1n) is 11.7. The molecule has 0 fully saturated rings. The number of halogens is 3. The first-order chi connectivity index (χ1) is 18.1. The standard InChI is InChI=1S/C27H26F3N5O2S/c1-17-7-9-20(10-8-17)32-25(36)18(2)38-26-34-33-24(35(26)22-11-13-23(37-3)14-12-22)16-31-21-6-4-5-19(15-21)27(28,29)30/h4-15,18,31H,16H2,1-3H3,(H,32,36). The third-order valence-corrected chi connectivity index (χ3v) is 6.68. The smallest absolute Gasteiger partial charge is 0.416 e. The Balaban J connectivity index is 1.57. The third-order valence-electron chi connectivity index (χ3n) is 5.64. The maximum Gasteiger partial charge on any atom is 0.416 e. The van der Waals surface area contributed by atoms with Gasteiger partial charge in [0, 0.05) is 17.1 Å². The second kappa shape index (κ2) is 11.6. The molecule has 4 aromatic rings. The summed E-state index contributed by atoms with van der Waals surface area (Å²) in [4.78, 5) is 12.9. The molecule has 3 aromatic carbocycles. The number of nitrogens with one attached hydrogen (secondary N) is 2. The number of carbonyl (C=O) groups is 1. The molecule has 0 radical (unpaired) electrons. The van der Waals surface area contributed by atoms with Crippen molar-refractivity contribution in [3.05, 3.63) is 89.7 Å². The van der Waals surface area contributed by atoms with Gasteiger partial charge in [0.2, 0.25) is 5.91 Å². The molecule has 0 bridgehead atoms. The summed E-state index contributed by atoms with van der Waals surface area (Å²) >= 11 is 1.22. The fourth-order valence-electron chi connectivity index (χ4n) is 3.56. The number of thioether (sulfide) groups is 1. The molecule has 11 heteroatoms. The van der Waals surface area contributed by atoms with Crippen molar-refractivity contribution in [1.82, 2.24) is 14.8 Å². The van der Waals surface area contributed by atoms with Crippen LogP contribution >= 0.6 is 11.8 Å². The van der Waals surface area contributed by atoms with Gasteiger partial charge in [0.1, 0.15) is 5.75 Å². The van der Waals surface area contributed by atoms with E-state index in [1.165, 1.54) is 17.8 Å². The topological polar surface area (TPSA) is 81.1 Å². The minimum Gasteiger partial charge on any atom is -0.497 e. The minimum atomic E-state index is -4.44. The van der Waals surface area contributed by atoms with Crippen molar-refractivity contribution < 1.29 is 22.7 Å². The van der Waals surface area contributed by atoms with Gasteiger partial charge in [-0.2, -0.15) is 13.2 Å². The second-order valence-electron chi connectivity index (χ2n) is 8.48. The van der Waals surface area contributed by atoms with Crippen molar-refractivity contribution in [2.45, 2.75) is 37.0 Å². The predicted molar refractivity (Wildman–Crippen MR) is 142 cm³/mol. The molecule has 198 valence electrons. The van der Waals surface area contributed by atoms with Gasteiger partial charge < -0.3 is 15.4 Å². The zero-order valence-corrected chi connectivity index (χ0v) is 21.7. The molecule has 0 spiro atoms. The Labute approximate surface area is 222 Å². The van der Waals surface area contributed by atoms with Crippen LogP contribution in [0.4, 0.5) is 24.5 Å². The van der Waals surface area contributed by atoms with E-state index in [4.69, 9.17) is 4.74 Å². The summed E-state index contributed by atoms with van der Waals surface area (Å²) in [6.45, 7) is 3.84. The number of hydrogen-bond acceptors (Lipinski definition) is 6. The van der Waals surface area contributed by atoms with Gasteiger partial charge in [-0.1, -0.05) is 35.5 Å². The molecular formula is C27H26F3N5O2S. The monoisotopic (exact) mass is 541 g/mol. The maximum atomic E-state index is 13.1. The van der Waals surface area contributed by atoms with Crippen molar-refractivity contribution in [2.75, 3.05) is 17.7 Å². The summed E-state index contributed by atoms with van der Waals surface area (Å²) in [5, 5.41) is 14.4. The highest BCUT2D eigenvalue weighted by Gasteiger charge is 2.30. The molecule has 38 heavy (non-hydrogen) atoms. The number of rotatable bonds is 9. The SMILES string of the molecule is COc1ccc(-n2c(CNc3cccc(C(F)(F)F)c3)nnc2SC(C)C(=O)Nc2ccc(C)cc2)cc1. The maximum absolute atomic E-state index is 13.1. The molecule has 4 rings (SSSR count). The predicted octanol–water partition coefficient (Wildman–Crippen LogP) is 6.33. The number of amides is 1. The number of benzene rings is 3. The molecule has 1 unspecified atom stereocenters. The van der Waals surface area contributed by atoms with Crippen molar-refractivity contribution in [3.63, 3.8) is 0 Å². The molecule has 2 N–H and O–H groups in total. The fraction of sp³-hybridized carbons (Fsp3) is 0.222. The number of carbonyl (C=O) groups excluding carboxylic acids is 1. The number of aryl methyl sites for hydroxylation is 1. The van der Waals surface area contributed by atoms with Gasteiger partial charge in [-0.15, -0.1) is 10.2 Å². The Morgan fingerprint density at radius 3 is 2.39 bits per heavy atom. The zero-order chi connectivity index (χ0) is 27.3. The zero-order valence-electron chi connectivity index (χ0n) is 20.9. The van der Waals surface area contributed by atoms with E-state index >= 15 is 0 Å². The first kappa shape index (κ1) is 27.1. The molecule has 1 heterocycles. The van der Waals surface area contributed by atoms with E-state index in [0.717, 1.165) is 17.7 Å². The summed E-state index contributed by atoms with van der Waals surface area (Å²) in [5.74, 6) is 0.915. The lowest BCUT2D eigenvalue weighted by Crippen LogP contribution is -2.23. The van der Waals surface area contributed by atoms with Crippen molar-refractivity contribution in [3.8, 4) is 11.4 Å². The molecule has 0 aliphatic carbocycles. The van der Waals surface area contributed by atoms with Crippen LogP contribution in [-0.4, -0.2) is 33.0 Å². The van der Waals surface area contributed by atoms with Crippen molar-refractivity contribution in [1.29, 1.82) is 0 Å². The quantitative estimate of drug-likeness (QED) is 0.241. The van der Waals surface area contributed by atoms with Crippen LogP contribution in [0.1, 0.15) is 23.9 Å². The van der Waals surface area contributed by atoms with Gasteiger partial charge in [0.05, 0.1) is 24.5 Å². The highest BCUT2D eigenvalue weighted by Crippen LogP contribution is 2.31. The molecule has 0 aliphatic rings. The van der Waals surface area contributed by atoms with Gasteiger partial charge in [-0.05, 0) is 68.4 Å². The lowest BCUT2D eigenvalue weighted by Gasteiger charge is -2.15. The van der Waals surface area contributed by atoms with Crippen LogP contribution in [-0.2, 0) is 17.5 Å². The van der Waals surface area contributed by atoms with Crippen molar-refractivity contribution >= 4 is 29.0 Å². The lowest BCUT2D eigenvalue weighted by atomic mass is 10.2. The third kappa shape index (κ3) is 6.65. The number of hydrogen-bond donors (Lipinski definition) is 2. The van der Waals surface area contributed by atoms with Crippen LogP contribution in [0.15, 0.2) is 78.0 Å². The van der Waals surface area contributed by atoms with Crippen LogP contribution in [0, 0.1) is 6.92 Å². The summed E-state index contributed by atoms with van der Waals surface area (Å²) < 4.78 is 46.4. The van der Waals surface area contributed by atoms with Gasteiger partial charge in [0.25, 0.3) is 0 Å². The lowest BCUT2D eigenvalue weighted by molar-refractivity contribution is -0.137. The average Bonchev–Trinajstić information content (AvgIpc) is 3.30. The first-order valence-corrected chi connectivity index (χ1v) is 12.6. The van der Waals surface area contributed by atoms with E-state index in [1.807, 2.05) is 43.3 Å². The van der Waals surface area contributed by atoms with E-state index in [1.54, 1.807) is 36.8 Å². The van der Waals surface area contributed by atoms with Gasteiger partial charge in [-0.25, -0.2) is 0 Å². The summed E-state index contributed by atoms with van der Waals surface area (Å²) in [7, 11) is 1.56. The summed E-state index contributed by atoms with van der Waals surface area (Å²) in [6, 6.07) is 19.6. The summed E-state index contributed by atoms with van der Waals surface area (Å²) in [6.07, 6.45) is -4.44. The Morgan fingerprint density at radius 1 is 1.03 bits per heavy atom. The van der Waals surface area contributed by atoms with Crippen molar-refractivity contribution in [2.24, 2.45) is 0 Å². The Bertz CT molecular complexity index is 1390. The molecule has 1 aromatic heterocycles. The minimum absolute atomic E-state index is 0.102. The van der Waals surface area contributed by atoms with Crippen LogP contribution < -0.4 is 15.4 Å². The van der Waals surface area contributed by atoms with E-state index < -0.39 is 17.0 Å². The molecule has 0 saturated heterocycles.